The summed E-state index contributed by atoms with van der Waals surface area (Å²) in [5, 5.41) is 0. The molecule has 0 aliphatic carbocycles. The van der Waals surface area contributed by atoms with E-state index in [0.717, 1.165) is 24.8 Å². The zero-order valence-electron chi connectivity index (χ0n) is 10.7. The van der Waals surface area contributed by atoms with Gasteiger partial charge in [-0.3, -0.25) is 9.88 Å². The Labute approximate surface area is 114 Å². The van der Waals surface area contributed by atoms with Crippen LogP contribution in [0, 0.1) is 0 Å². The summed E-state index contributed by atoms with van der Waals surface area (Å²) in [6.45, 7) is 4.78. The summed E-state index contributed by atoms with van der Waals surface area (Å²) in [7, 11) is 0. The first kappa shape index (κ1) is 12.2. The van der Waals surface area contributed by atoms with Crippen molar-refractivity contribution in [2.24, 2.45) is 0 Å². The van der Waals surface area contributed by atoms with E-state index in [-0.39, 0.29) is 0 Å². The van der Waals surface area contributed by atoms with Gasteiger partial charge in [0.15, 0.2) is 0 Å². The van der Waals surface area contributed by atoms with Crippen LogP contribution in [0.25, 0.3) is 0 Å². The average molecular weight is 266 g/mol. The van der Waals surface area contributed by atoms with Crippen molar-refractivity contribution in [2.75, 3.05) is 31.1 Å². The van der Waals surface area contributed by atoms with Gasteiger partial charge in [-0.25, -0.2) is 0 Å². The molecule has 0 saturated carbocycles. The van der Waals surface area contributed by atoms with Crippen molar-refractivity contribution in [3.05, 3.63) is 24.0 Å². The van der Waals surface area contributed by atoms with E-state index in [1.54, 1.807) is 0 Å². The van der Waals surface area contributed by atoms with Crippen LogP contribution in [0.2, 0.25) is 0 Å². The van der Waals surface area contributed by atoms with Gasteiger partial charge in [0.2, 0.25) is 0 Å². The van der Waals surface area contributed by atoms with Gasteiger partial charge in [-0.2, -0.15) is 0 Å². The van der Waals surface area contributed by atoms with Crippen molar-refractivity contribution in [1.82, 2.24) is 9.88 Å². The number of hydrogen-bond donors (Lipinski definition) is 0. The zero-order chi connectivity index (χ0) is 12.4. The fourth-order valence-electron chi connectivity index (χ4n) is 3.13. The minimum absolute atomic E-state index is 0.497. The first-order chi connectivity index (χ1) is 8.86. The number of pyridine rings is 1. The highest BCUT2D eigenvalue weighted by Crippen LogP contribution is 2.25. The Kier molecular flexibility index (Phi) is 3.71. The third kappa shape index (κ3) is 2.47. The van der Waals surface area contributed by atoms with Gasteiger partial charge in [0.05, 0.1) is 11.6 Å². The number of piperidine rings is 1. The quantitative estimate of drug-likeness (QED) is 0.766. The van der Waals surface area contributed by atoms with E-state index in [9.17, 15) is 0 Å². The van der Waals surface area contributed by atoms with Crippen LogP contribution >= 0.6 is 11.6 Å². The molecule has 2 fully saturated rings. The first-order valence-electron chi connectivity index (χ1n) is 6.87. The summed E-state index contributed by atoms with van der Waals surface area (Å²) in [5.41, 5.74) is 2.26. The smallest absolute Gasteiger partial charge is 0.0648 e. The van der Waals surface area contributed by atoms with Gasteiger partial charge in [-0.05, 0) is 31.5 Å². The predicted molar refractivity (Wildman–Crippen MR) is 75.2 cm³/mol. The highest BCUT2D eigenvalue weighted by Gasteiger charge is 2.28. The third-order valence-corrected chi connectivity index (χ3v) is 4.41. The Morgan fingerprint density at radius 1 is 1.28 bits per heavy atom. The van der Waals surface area contributed by atoms with E-state index in [1.807, 2.05) is 6.20 Å². The molecule has 18 heavy (non-hydrogen) atoms. The molecule has 0 N–H and O–H groups in total. The van der Waals surface area contributed by atoms with Gasteiger partial charge < -0.3 is 4.90 Å². The number of hydrogen-bond acceptors (Lipinski definition) is 3. The number of aromatic nitrogens is 1. The molecule has 1 atom stereocenters. The number of alkyl halides is 1. The van der Waals surface area contributed by atoms with Crippen LogP contribution in [-0.2, 0) is 5.88 Å². The fraction of sp³-hybridized carbons (Fsp3) is 0.643. The second-order valence-electron chi connectivity index (χ2n) is 5.27. The minimum atomic E-state index is 0.497. The summed E-state index contributed by atoms with van der Waals surface area (Å²) < 4.78 is 0. The average Bonchev–Trinajstić information content (AvgIpc) is 2.47. The molecule has 0 radical (unpaired) electrons. The van der Waals surface area contributed by atoms with Crippen molar-refractivity contribution < 1.29 is 0 Å². The van der Waals surface area contributed by atoms with Crippen LogP contribution in [0.15, 0.2) is 18.3 Å². The summed E-state index contributed by atoms with van der Waals surface area (Å²) in [6.07, 6.45) is 5.99. The highest BCUT2D eigenvalue weighted by molar-refractivity contribution is 6.16. The largest absolute Gasteiger partial charge is 0.369 e. The van der Waals surface area contributed by atoms with E-state index in [0.29, 0.717) is 5.88 Å². The van der Waals surface area contributed by atoms with Crippen LogP contribution in [0.4, 0.5) is 5.69 Å². The molecule has 3 rings (SSSR count). The number of nitrogens with zero attached hydrogens (tertiary/aromatic N) is 3. The standard InChI is InChI=1S/C14H20ClN3/c15-10-12-9-13(4-5-16-12)18-8-7-17-6-2-1-3-14(17)11-18/h4-5,9,14H,1-3,6-8,10-11H2. The summed E-state index contributed by atoms with van der Waals surface area (Å²) in [5.74, 6) is 0.497. The van der Waals surface area contributed by atoms with Crippen molar-refractivity contribution in [2.45, 2.75) is 31.2 Å². The summed E-state index contributed by atoms with van der Waals surface area (Å²) in [4.78, 5) is 9.41. The number of piperazine rings is 1. The number of fused-ring (bicyclic) bond motifs is 1. The van der Waals surface area contributed by atoms with Crippen LogP contribution in [0.3, 0.4) is 0 Å². The molecule has 1 aromatic heterocycles. The maximum Gasteiger partial charge on any atom is 0.0648 e. The number of rotatable bonds is 2. The summed E-state index contributed by atoms with van der Waals surface area (Å²) in [6, 6.07) is 4.99. The molecule has 0 bridgehead atoms. The molecule has 0 spiro atoms. The number of halogens is 1. The molecule has 0 amide bonds. The molecule has 0 aromatic carbocycles. The fourth-order valence-corrected chi connectivity index (χ4v) is 3.27. The molecule has 1 unspecified atom stereocenters. The van der Waals surface area contributed by atoms with Crippen molar-refractivity contribution in [1.29, 1.82) is 0 Å². The maximum atomic E-state index is 5.86. The Morgan fingerprint density at radius 2 is 2.22 bits per heavy atom. The van der Waals surface area contributed by atoms with E-state index in [4.69, 9.17) is 11.6 Å². The molecular formula is C14H20ClN3. The predicted octanol–water partition coefficient (Wildman–Crippen LogP) is 2.49. The van der Waals surface area contributed by atoms with E-state index in [1.165, 1.54) is 38.0 Å². The lowest BCUT2D eigenvalue weighted by molar-refractivity contribution is 0.133. The van der Waals surface area contributed by atoms with Crippen LogP contribution in [-0.4, -0.2) is 42.1 Å². The lowest BCUT2D eigenvalue weighted by atomic mass is 9.99. The molecule has 2 aliphatic rings. The Balaban J connectivity index is 1.72. The normalized spacial score (nSPS) is 24.9. The molecule has 2 saturated heterocycles. The van der Waals surface area contributed by atoms with Gasteiger partial charge in [0, 0.05) is 37.6 Å². The number of anilines is 1. The molecule has 1 aromatic rings. The van der Waals surface area contributed by atoms with Gasteiger partial charge in [-0.15, -0.1) is 11.6 Å². The van der Waals surface area contributed by atoms with E-state index < -0.39 is 0 Å². The van der Waals surface area contributed by atoms with Crippen molar-refractivity contribution in [3.8, 4) is 0 Å². The van der Waals surface area contributed by atoms with Gasteiger partial charge in [-0.1, -0.05) is 6.42 Å². The molecule has 4 heteroatoms. The molecular weight excluding hydrogens is 246 g/mol. The Hall–Kier alpha value is -0.800. The SMILES string of the molecule is ClCc1cc(N2CCN3CCCCC3C2)ccn1. The van der Waals surface area contributed by atoms with Crippen LogP contribution in [0.5, 0.6) is 0 Å². The van der Waals surface area contributed by atoms with Crippen LogP contribution < -0.4 is 4.90 Å². The highest BCUT2D eigenvalue weighted by atomic mass is 35.5. The lowest BCUT2D eigenvalue weighted by Crippen LogP contribution is -2.54. The topological polar surface area (TPSA) is 19.4 Å². The van der Waals surface area contributed by atoms with Gasteiger partial charge in [0.1, 0.15) is 0 Å². The van der Waals surface area contributed by atoms with Crippen molar-refractivity contribution >= 4 is 17.3 Å². The van der Waals surface area contributed by atoms with Crippen molar-refractivity contribution in [3.63, 3.8) is 0 Å². The Morgan fingerprint density at radius 3 is 3.11 bits per heavy atom. The third-order valence-electron chi connectivity index (χ3n) is 4.14. The summed E-state index contributed by atoms with van der Waals surface area (Å²) >= 11 is 5.86. The maximum absolute atomic E-state index is 5.86. The van der Waals surface area contributed by atoms with Gasteiger partial charge in [0.25, 0.3) is 0 Å². The first-order valence-corrected chi connectivity index (χ1v) is 7.40. The molecule has 3 heterocycles. The van der Waals surface area contributed by atoms with Crippen LogP contribution in [0.1, 0.15) is 25.0 Å². The second kappa shape index (κ2) is 5.45. The molecule has 98 valence electrons. The van der Waals surface area contributed by atoms with Gasteiger partial charge >= 0.3 is 0 Å². The lowest BCUT2D eigenvalue weighted by Gasteiger charge is -2.44. The molecule has 3 nitrogen and oxygen atoms in total. The zero-order valence-corrected chi connectivity index (χ0v) is 11.4. The second-order valence-corrected chi connectivity index (χ2v) is 5.54. The monoisotopic (exact) mass is 265 g/mol. The minimum Gasteiger partial charge on any atom is -0.369 e. The van der Waals surface area contributed by atoms with E-state index in [2.05, 4.69) is 26.9 Å². The Bertz CT molecular complexity index is 410. The van der Waals surface area contributed by atoms with E-state index >= 15 is 0 Å². The molecule has 2 aliphatic heterocycles.